The molecule has 30 heavy (non-hydrogen) atoms. The van der Waals surface area contributed by atoms with Crippen LogP contribution in [-0.2, 0) is 0 Å². The van der Waals surface area contributed by atoms with Gasteiger partial charge in [0.2, 0.25) is 0 Å². The SMILES string of the molecule is CC(C)(O)[C@H](Nc1cc(C2CC2)nc2ncnn12)c1ccc(S(F)(F)(F)(F)F)cc1. The summed E-state index contributed by atoms with van der Waals surface area (Å²) in [5.74, 6) is 1.07. The Labute approximate surface area is 168 Å². The minimum absolute atomic E-state index is 0.200. The number of nitrogens with one attached hydrogen (secondary N) is 1. The highest BCUT2D eigenvalue weighted by atomic mass is 32.5. The van der Waals surface area contributed by atoms with E-state index in [0.29, 0.717) is 29.6 Å². The first-order valence-corrected chi connectivity index (χ1v) is 11.1. The number of aromatic nitrogens is 4. The zero-order valence-electron chi connectivity index (χ0n) is 16.1. The van der Waals surface area contributed by atoms with Gasteiger partial charge in [0, 0.05) is 12.0 Å². The van der Waals surface area contributed by atoms with Crippen molar-refractivity contribution in [2.75, 3.05) is 5.32 Å². The number of rotatable bonds is 6. The van der Waals surface area contributed by atoms with Crippen molar-refractivity contribution in [1.82, 2.24) is 19.6 Å². The molecule has 0 bridgehead atoms. The topological polar surface area (TPSA) is 75.3 Å². The molecule has 3 aromatic rings. The van der Waals surface area contributed by atoms with E-state index in [1.165, 1.54) is 24.7 Å². The molecule has 1 aliphatic carbocycles. The molecular weight excluding hydrogens is 429 g/mol. The second-order valence-corrected chi connectivity index (χ2v) is 10.5. The molecule has 1 aromatic carbocycles. The van der Waals surface area contributed by atoms with Gasteiger partial charge in [-0.1, -0.05) is 31.6 Å². The summed E-state index contributed by atoms with van der Waals surface area (Å²) in [6.45, 7) is 2.93. The predicted molar refractivity (Wildman–Crippen MR) is 103 cm³/mol. The Morgan fingerprint density at radius 1 is 1.13 bits per heavy atom. The van der Waals surface area contributed by atoms with Crippen LogP contribution in [0.15, 0.2) is 41.6 Å². The quantitative estimate of drug-likeness (QED) is 0.481. The lowest BCUT2D eigenvalue weighted by molar-refractivity contribution is 0.0587. The maximum atomic E-state index is 13.0. The summed E-state index contributed by atoms with van der Waals surface area (Å²) in [4.78, 5) is 6.54. The van der Waals surface area contributed by atoms with Gasteiger partial charge in [0.05, 0.1) is 17.3 Å². The lowest BCUT2D eigenvalue weighted by atomic mass is 9.92. The average molecular weight is 449 g/mol. The van der Waals surface area contributed by atoms with E-state index in [1.54, 1.807) is 6.07 Å². The van der Waals surface area contributed by atoms with Crippen molar-refractivity contribution in [3.05, 3.63) is 47.9 Å². The van der Waals surface area contributed by atoms with Crippen molar-refractivity contribution < 1.29 is 24.5 Å². The molecule has 2 aromatic heterocycles. The van der Waals surface area contributed by atoms with E-state index in [4.69, 9.17) is 0 Å². The van der Waals surface area contributed by atoms with E-state index in [2.05, 4.69) is 20.4 Å². The van der Waals surface area contributed by atoms with Gasteiger partial charge in [0.15, 0.2) is 0 Å². The fourth-order valence-electron chi connectivity index (χ4n) is 3.25. The van der Waals surface area contributed by atoms with Crippen LogP contribution in [-0.4, -0.2) is 30.3 Å². The number of anilines is 1. The van der Waals surface area contributed by atoms with Gasteiger partial charge < -0.3 is 10.4 Å². The van der Waals surface area contributed by atoms with Crippen LogP contribution in [0.3, 0.4) is 0 Å². The third-order valence-electron chi connectivity index (χ3n) is 4.92. The normalized spacial score (nSPS) is 18.7. The average Bonchev–Trinajstić information content (AvgIpc) is 3.34. The number of benzene rings is 1. The van der Waals surface area contributed by atoms with E-state index >= 15 is 0 Å². The van der Waals surface area contributed by atoms with Crippen molar-refractivity contribution in [1.29, 1.82) is 0 Å². The summed E-state index contributed by atoms with van der Waals surface area (Å²) in [5.41, 5.74) is -0.457. The summed E-state index contributed by atoms with van der Waals surface area (Å²) in [6, 6.07) is 3.37. The van der Waals surface area contributed by atoms with Crippen LogP contribution in [0, 0.1) is 0 Å². The molecule has 0 radical (unpaired) electrons. The summed E-state index contributed by atoms with van der Waals surface area (Å²) < 4.78 is 66.6. The third kappa shape index (κ3) is 4.19. The van der Waals surface area contributed by atoms with Crippen molar-refractivity contribution in [2.24, 2.45) is 0 Å². The monoisotopic (exact) mass is 449 g/mol. The first-order valence-electron chi connectivity index (χ1n) is 9.15. The molecule has 0 unspecified atom stereocenters. The first kappa shape index (κ1) is 20.8. The zero-order valence-corrected chi connectivity index (χ0v) is 16.9. The molecule has 1 atom stereocenters. The van der Waals surface area contributed by atoms with Gasteiger partial charge >= 0.3 is 10.2 Å². The molecule has 0 amide bonds. The van der Waals surface area contributed by atoms with E-state index in [1.807, 2.05) is 0 Å². The Morgan fingerprint density at radius 3 is 2.30 bits per heavy atom. The van der Waals surface area contributed by atoms with Crippen molar-refractivity contribution in [3.8, 4) is 0 Å². The molecule has 2 heterocycles. The Bertz CT molecular complexity index is 1110. The van der Waals surface area contributed by atoms with Gasteiger partial charge in [-0.2, -0.15) is 14.6 Å². The molecule has 1 aliphatic rings. The minimum atomic E-state index is -9.78. The number of fused-ring (bicyclic) bond motifs is 1. The highest BCUT2D eigenvalue weighted by Gasteiger charge is 2.65. The Kier molecular flexibility index (Phi) is 4.03. The molecule has 164 valence electrons. The standard InChI is InChI=1S/C18H20F5N5OS/c1-18(2,29)16(12-5-7-13(8-6-12)30(19,20,21,22)23)27-15-9-14(11-3-4-11)26-17-24-10-25-28(15)17/h5-11,16,27,29H,3-4H2,1-2H3/t16-/m1/s1. The maximum Gasteiger partial charge on any atom is 0.310 e. The highest BCUT2D eigenvalue weighted by Crippen LogP contribution is 3.02. The van der Waals surface area contributed by atoms with Crippen LogP contribution < -0.4 is 5.32 Å². The summed E-state index contributed by atoms with van der Waals surface area (Å²) >= 11 is 0. The molecule has 6 nitrogen and oxygen atoms in total. The van der Waals surface area contributed by atoms with E-state index < -0.39 is 26.8 Å². The van der Waals surface area contributed by atoms with Crippen LogP contribution in [0.4, 0.5) is 25.2 Å². The third-order valence-corrected chi connectivity index (χ3v) is 6.09. The second-order valence-electron chi connectivity index (χ2n) is 8.08. The zero-order chi connectivity index (χ0) is 22.0. The molecule has 12 heteroatoms. The Balaban J connectivity index is 1.74. The number of nitrogens with zero attached hydrogens (tertiary/aromatic N) is 4. The van der Waals surface area contributed by atoms with Gasteiger partial charge in [0.25, 0.3) is 5.78 Å². The maximum absolute atomic E-state index is 13.0. The minimum Gasteiger partial charge on any atom is -0.388 e. The molecule has 1 fully saturated rings. The number of hydrogen-bond acceptors (Lipinski definition) is 5. The van der Waals surface area contributed by atoms with Crippen LogP contribution in [0.2, 0.25) is 0 Å². The predicted octanol–water partition coefficient (Wildman–Crippen LogP) is 5.58. The van der Waals surface area contributed by atoms with Gasteiger partial charge in [-0.3, -0.25) is 0 Å². The van der Waals surface area contributed by atoms with Gasteiger partial charge in [0.1, 0.15) is 17.0 Å². The molecule has 0 aliphatic heterocycles. The van der Waals surface area contributed by atoms with Gasteiger partial charge in [-0.25, -0.2) is 4.98 Å². The van der Waals surface area contributed by atoms with Crippen molar-refractivity contribution in [2.45, 2.75) is 49.1 Å². The fourth-order valence-corrected chi connectivity index (χ4v) is 3.91. The molecule has 4 rings (SSSR count). The number of halogens is 5. The fraction of sp³-hybridized carbons (Fsp3) is 0.389. The smallest absolute Gasteiger partial charge is 0.310 e. The molecule has 1 saturated carbocycles. The molecule has 2 N–H and O–H groups in total. The lowest BCUT2D eigenvalue weighted by Crippen LogP contribution is -2.35. The van der Waals surface area contributed by atoms with E-state index in [0.717, 1.165) is 30.7 Å². The summed E-state index contributed by atoms with van der Waals surface area (Å²) in [5, 5.41) is 17.8. The summed E-state index contributed by atoms with van der Waals surface area (Å²) in [6.07, 6.45) is 3.29. The van der Waals surface area contributed by atoms with E-state index in [-0.39, 0.29) is 5.56 Å². The summed E-state index contributed by atoms with van der Waals surface area (Å²) in [7, 11) is -9.78. The first-order chi connectivity index (χ1) is 13.6. The van der Waals surface area contributed by atoms with Crippen LogP contribution in [0.1, 0.15) is 49.9 Å². The van der Waals surface area contributed by atoms with Crippen LogP contribution in [0.25, 0.3) is 5.78 Å². The molecule has 0 spiro atoms. The van der Waals surface area contributed by atoms with Crippen LogP contribution >= 0.6 is 10.2 Å². The van der Waals surface area contributed by atoms with Gasteiger partial charge in [-0.05, 0) is 44.4 Å². The molecular formula is C18H20F5N5OS. The number of aliphatic hydroxyl groups is 1. The van der Waals surface area contributed by atoms with Crippen molar-refractivity contribution >= 4 is 21.8 Å². The van der Waals surface area contributed by atoms with E-state index in [9.17, 15) is 24.5 Å². The largest absolute Gasteiger partial charge is 0.388 e. The second kappa shape index (κ2) is 5.82. The Hall–Kier alpha value is -2.47. The number of hydrogen-bond donors (Lipinski definition) is 2. The van der Waals surface area contributed by atoms with Crippen LogP contribution in [0.5, 0.6) is 0 Å². The Morgan fingerprint density at radius 2 is 1.77 bits per heavy atom. The highest BCUT2D eigenvalue weighted by molar-refractivity contribution is 8.45. The van der Waals surface area contributed by atoms with Gasteiger partial charge in [-0.15, -0.1) is 0 Å². The lowest BCUT2D eigenvalue weighted by Gasteiger charge is -2.40. The van der Waals surface area contributed by atoms with Crippen molar-refractivity contribution in [3.63, 3.8) is 0 Å². The molecule has 0 saturated heterocycles.